The van der Waals surface area contributed by atoms with Crippen molar-refractivity contribution in [2.45, 2.75) is 24.4 Å². The van der Waals surface area contributed by atoms with Crippen molar-refractivity contribution in [3.05, 3.63) is 50.8 Å². The molecule has 2 heterocycles. The van der Waals surface area contributed by atoms with E-state index in [2.05, 4.69) is 15.3 Å². The molecule has 1 atom stereocenters. The number of hydrogen-bond acceptors (Lipinski definition) is 4. The molecule has 7 heteroatoms. The second-order valence-corrected chi connectivity index (χ2v) is 6.55. The molecule has 1 aliphatic rings. The van der Waals surface area contributed by atoms with Crippen molar-refractivity contribution in [1.82, 2.24) is 9.97 Å². The molecule has 0 radical (unpaired) electrons. The second kappa shape index (κ2) is 6.14. The van der Waals surface area contributed by atoms with Crippen LogP contribution in [0.15, 0.2) is 34.2 Å². The maximum atomic E-state index is 12.5. The Labute approximate surface area is 136 Å². The zero-order valence-electron chi connectivity index (χ0n) is 11.9. The lowest BCUT2D eigenvalue weighted by atomic mass is 9.87. The predicted molar refractivity (Wildman–Crippen MR) is 87.8 cm³/mol. The number of anilines is 1. The monoisotopic (exact) mass is 335 g/mol. The lowest BCUT2D eigenvalue weighted by Crippen LogP contribution is -2.31. The molecule has 0 fully saturated rings. The third kappa shape index (κ3) is 2.76. The molecule has 1 amide bonds. The van der Waals surface area contributed by atoms with Gasteiger partial charge in [-0.3, -0.25) is 9.59 Å². The summed E-state index contributed by atoms with van der Waals surface area (Å²) in [6, 6.07) is 7.25. The summed E-state index contributed by atoms with van der Waals surface area (Å²) in [4.78, 5) is 31.6. The van der Waals surface area contributed by atoms with Gasteiger partial charge in [-0.1, -0.05) is 48.5 Å². The topological polar surface area (TPSA) is 74.8 Å². The van der Waals surface area contributed by atoms with Crippen molar-refractivity contribution in [3.8, 4) is 0 Å². The minimum Gasteiger partial charge on any atom is -0.310 e. The minimum absolute atomic E-state index is 0.164. The highest BCUT2D eigenvalue weighted by Gasteiger charge is 2.31. The van der Waals surface area contributed by atoms with Crippen molar-refractivity contribution in [1.29, 1.82) is 0 Å². The number of halogens is 1. The molecule has 0 bridgehead atoms. The molecule has 1 aromatic carbocycles. The van der Waals surface area contributed by atoms with E-state index in [4.69, 9.17) is 11.6 Å². The van der Waals surface area contributed by atoms with E-state index in [9.17, 15) is 9.59 Å². The highest BCUT2D eigenvalue weighted by atomic mass is 35.5. The molecule has 5 nitrogen and oxygen atoms in total. The second-order valence-electron chi connectivity index (χ2n) is 4.89. The van der Waals surface area contributed by atoms with Crippen molar-refractivity contribution in [3.63, 3.8) is 0 Å². The summed E-state index contributed by atoms with van der Waals surface area (Å²) in [5.74, 6) is 0.571. The minimum atomic E-state index is -0.380. The first-order valence-electron chi connectivity index (χ1n) is 6.91. The normalized spacial score (nSPS) is 17.0. The number of aromatic nitrogens is 2. The number of carbonyl (C=O) groups is 1. The van der Waals surface area contributed by atoms with Crippen LogP contribution in [-0.4, -0.2) is 21.6 Å². The fraction of sp³-hybridized carbons (Fsp3) is 0.267. The van der Waals surface area contributed by atoms with E-state index in [0.717, 1.165) is 11.3 Å². The molecule has 1 aliphatic heterocycles. The van der Waals surface area contributed by atoms with E-state index in [1.54, 1.807) is 6.07 Å². The number of H-pyrrole nitrogens is 1. The van der Waals surface area contributed by atoms with E-state index in [0.29, 0.717) is 21.6 Å². The van der Waals surface area contributed by atoms with Crippen molar-refractivity contribution in [2.24, 2.45) is 0 Å². The maximum absolute atomic E-state index is 12.5. The van der Waals surface area contributed by atoms with Gasteiger partial charge in [0.05, 0.1) is 5.56 Å². The van der Waals surface area contributed by atoms with Crippen LogP contribution in [0.5, 0.6) is 0 Å². The van der Waals surface area contributed by atoms with Gasteiger partial charge < -0.3 is 10.3 Å². The predicted octanol–water partition coefficient (Wildman–Crippen LogP) is 3.01. The average molecular weight is 336 g/mol. The largest absolute Gasteiger partial charge is 0.310 e. The molecule has 1 aromatic heterocycles. The third-order valence-electron chi connectivity index (χ3n) is 3.49. The Kier molecular flexibility index (Phi) is 4.22. The zero-order valence-corrected chi connectivity index (χ0v) is 13.4. The third-order valence-corrected chi connectivity index (χ3v) is 4.59. The molecule has 2 N–H and O–H groups in total. The summed E-state index contributed by atoms with van der Waals surface area (Å²) in [7, 11) is 0. The number of hydrogen-bond donors (Lipinski definition) is 2. The molecule has 0 spiro atoms. The van der Waals surface area contributed by atoms with E-state index in [1.165, 1.54) is 11.8 Å². The van der Waals surface area contributed by atoms with Gasteiger partial charge in [0.15, 0.2) is 5.16 Å². The van der Waals surface area contributed by atoms with Gasteiger partial charge in [-0.15, -0.1) is 0 Å². The number of fused-ring (bicyclic) bond motifs is 1. The van der Waals surface area contributed by atoms with Crippen LogP contribution >= 0.6 is 23.4 Å². The summed E-state index contributed by atoms with van der Waals surface area (Å²) < 4.78 is 0. The summed E-state index contributed by atoms with van der Waals surface area (Å²) >= 11 is 7.66. The average Bonchev–Trinajstić information content (AvgIpc) is 2.46. The SMILES string of the molecule is CCSc1nc2c(c(=O)[nH]1)[C@@H](c1ccccc1Cl)CC(=O)N2. The number of thioether (sulfide) groups is 1. The smallest absolute Gasteiger partial charge is 0.257 e. The first-order chi connectivity index (χ1) is 10.6. The molecule has 114 valence electrons. The van der Waals surface area contributed by atoms with E-state index in [1.807, 2.05) is 25.1 Å². The Morgan fingerprint density at radius 3 is 2.86 bits per heavy atom. The number of rotatable bonds is 3. The first-order valence-corrected chi connectivity index (χ1v) is 8.27. The molecule has 0 unspecified atom stereocenters. The van der Waals surface area contributed by atoms with Crippen LogP contribution in [0.4, 0.5) is 5.82 Å². The Bertz CT molecular complexity index is 791. The maximum Gasteiger partial charge on any atom is 0.257 e. The Morgan fingerprint density at radius 1 is 1.36 bits per heavy atom. The van der Waals surface area contributed by atoms with Crippen molar-refractivity contribution < 1.29 is 4.79 Å². The molecular formula is C15H14ClN3O2S. The number of aromatic amines is 1. The van der Waals surface area contributed by atoms with Gasteiger partial charge in [0.25, 0.3) is 5.56 Å². The van der Waals surface area contributed by atoms with Crippen LogP contribution in [0.25, 0.3) is 0 Å². The van der Waals surface area contributed by atoms with Gasteiger partial charge in [-0.25, -0.2) is 4.98 Å². The van der Waals surface area contributed by atoms with Crippen LogP contribution < -0.4 is 10.9 Å². The summed E-state index contributed by atoms with van der Waals surface area (Å²) in [6.07, 6.45) is 0.182. The van der Waals surface area contributed by atoms with E-state index < -0.39 is 0 Å². The summed E-state index contributed by atoms with van der Waals surface area (Å²) in [5, 5.41) is 3.74. The zero-order chi connectivity index (χ0) is 15.7. The van der Waals surface area contributed by atoms with Gasteiger partial charge in [0.2, 0.25) is 5.91 Å². The Balaban J connectivity index is 2.16. The number of nitrogens with one attached hydrogen (secondary N) is 2. The number of nitrogens with zero attached hydrogens (tertiary/aromatic N) is 1. The summed E-state index contributed by atoms with van der Waals surface area (Å²) in [6.45, 7) is 1.97. The molecule has 0 aliphatic carbocycles. The van der Waals surface area contributed by atoms with Crippen LogP contribution in [0.3, 0.4) is 0 Å². The van der Waals surface area contributed by atoms with Gasteiger partial charge in [0, 0.05) is 17.4 Å². The number of carbonyl (C=O) groups excluding carboxylic acids is 1. The van der Waals surface area contributed by atoms with Gasteiger partial charge in [-0.2, -0.15) is 0 Å². The molecule has 0 saturated heterocycles. The van der Waals surface area contributed by atoms with Gasteiger partial charge in [0.1, 0.15) is 5.82 Å². The van der Waals surface area contributed by atoms with E-state index >= 15 is 0 Å². The fourth-order valence-electron chi connectivity index (χ4n) is 2.58. The van der Waals surface area contributed by atoms with Gasteiger partial charge >= 0.3 is 0 Å². The highest BCUT2D eigenvalue weighted by molar-refractivity contribution is 7.99. The summed E-state index contributed by atoms with van der Waals surface area (Å²) in [5.41, 5.74) is 1.00. The van der Waals surface area contributed by atoms with Crippen molar-refractivity contribution >= 4 is 35.1 Å². The van der Waals surface area contributed by atoms with Crippen LogP contribution in [0.1, 0.15) is 30.4 Å². The van der Waals surface area contributed by atoms with Crippen LogP contribution in [-0.2, 0) is 4.79 Å². The fourth-order valence-corrected chi connectivity index (χ4v) is 3.44. The lowest BCUT2D eigenvalue weighted by Gasteiger charge is -2.25. The lowest BCUT2D eigenvalue weighted by molar-refractivity contribution is -0.116. The quantitative estimate of drug-likeness (QED) is 0.668. The molecule has 22 heavy (non-hydrogen) atoms. The molecule has 0 saturated carbocycles. The Morgan fingerprint density at radius 2 is 2.14 bits per heavy atom. The standard InChI is InChI=1S/C15H14ClN3O2S/c1-2-22-15-18-13-12(14(21)19-15)9(7-11(20)17-13)8-5-3-4-6-10(8)16/h3-6,9H,2,7H2,1H3,(H2,17,18,19,20,21)/t9-/m1/s1. The molecule has 2 aromatic rings. The number of benzene rings is 1. The van der Waals surface area contributed by atoms with Gasteiger partial charge in [-0.05, 0) is 17.4 Å². The molecular weight excluding hydrogens is 322 g/mol. The van der Waals surface area contributed by atoms with Crippen LogP contribution in [0, 0.1) is 0 Å². The molecule has 3 rings (SSSR count). The van der Waals surface area contributed by atoms with Crippen molar-refractivity contribution in [2.75, 3.05) is 11.1 Å². The highest BCUT2D eigenvalue weighted by Crippen LogP contribution is 2.37. The first kappa shape index (κ1) is 15.1. The Hall–Kier alpha value is -1.79. The van der Waals surface area contributed by atoms with Crippen LogP contribution in [0.2, 0.25) is 5.02 Å². The number of amides is 1. The van der Waals surface area contributed by atoms with E-state index in [-0.39, 0.29) is 23.8 Å².